The maximum Gasteiger partial charge on any atom is 0.0979 e. The molecule has 8 rings (SSSR count). The lowest BCUT2D eigenvalue weighted by Crippen LogP contribution is -1.94. The van der Waals surface area contributed by atoms with Crippen molar-refractivity contribution in [1.29, 1.82) is 0 Å². The quantitative estimate of drug-likeness (QED) is 0.229. The molecule has 0 aliphatic rings. The fourth-order valence-corrected chi connectivity index (χ4v) is 6.04. The highest BCUT2D eigenvalue weighted by Crippen LogP contribution is 2.38. The molecule has 0 N–H and O–H groups in total. The Labute approximate surface area is 219 Å². The van der Waals surface area contributed by atoms with E-state index in [0.29, 0.717) is 0 Å². The van der Waals surface area contributed by atoms with E-state index in [0.717, 1.165) is 38.6 Å². The zero-order chi connectivity index (χ0) is 25.2. The number of nitrogens with zero attached hydrogens (tertiary/aromatic N) is 3. The number of para-hydroxylation sites is 1. The van der Waals surface area contributed by atoms with Crippen molar-refractivity contribution in [3.05, 3.63) is 121 Å². The average molecular weight is 486 g/mol. The van der Waals surface area contributed by atoms with Gasteiger partial charge < -0.3 is 4.57 Å². The van der Waals surface area contributed by atoms with Crippen LogP contribution in [0.3, 0.4) is 0 Å². The van der Waals surface area contributed by atoms with Crippen LogP contribution < -0.4 is 0 Å². The van der Waals surface area contributed by atoms with Gasteiger partial charge in [-0.1, -0.05) is 103 Å². The maximum absolute atomic E-state index is 5.26. The minimum Gasteiger partial charge on any atom is -0.344 e. The third kappa shape index (κ3) is 2.96. The van der Waals surface area contributed by atoms with Crippen molar-refractivity contribution in [2.75, 3.05) is 0 Å². The van der Waals surface area contributed by atoms with Crippen LogP contribution in [0.15, 0.2) is 121 Å². The third-order valence-corrected chi connectivity index (χ3v) is 7.86. The highest BCUT2D eigenvalue weighted by Gasteiger charge is 2.15. The van der Waals surface area contributed by atoms with Crippen LogP contribution in [0.5, 0.6) is 0 Å². The lowest BCUT2D eigenvalue weighted by Gasteiger charge is -2.13. The van der Waals surface area contributed by atoms with E-state index in [1.54, 1.807) is 0 Å². The molecule has 0 fully saturated rings. The molecule has 0 amide bonds. The predicted octanol–water partition coefficient (Wildman–Crippen LogP) is 8.92. The van der Waals surface area contributed by atoms with Gasteiger partial charge in [-0.2, -0.15) is 0 Å². The smallest absolute Gasteiger partial charge is 0.0979 e. The van der Waals surface area contributed by atoms with Crippen molar-refractivity contribution < 1.29 is 0 Å². The van der Waals surface area contributed by atoms with Gasteiger partial charge in [0, 0.05) is 45.2 Å². The Bertz CT molecular complexity index is 2170. The van der Waals surface area contributed by atoms with Gasteiger partial charge in [-0.05, 0) is 34.0 Å². The molecule has 3 heteroatoms. The number of aromatic nitrogens is 3. The summed E-state index contributed by atoms with van der Waals surface area (Å²) >= 11 is 0. The van der Waals surface area contributed by atoms with Gasteiger partial charge in [0.05, 0.1) is 22.9 Å². The van der Waals surface area contributed by atoms with Crippen LogP contribution in [0.1, 0.15) is 0 Å². The number of rotatable bonds is 2. The Morgan fingerprint density at radius 1 is 0.500 bits per heavy atom. The van der Waals surface area contributed by atoms with Crippen LogP contribution in [0.25, 0.3) is 76.8 Å². The van der Waals surface area contributed by atoms with E-state index in [9.17, 15) is 0 Å². The summed E-state index contributed by atoms with van der Waals surface area (Å²) in [6.45, 7) is 0. The Morgan fingerprint density at radius 2 is 1.08 bits per heavy atom. The summed E-state index contributed by atoms with van der Waals surface area (Å²) in [4.78, 5) is 10.3. The molecule has 0 radical (unpaired) electrons. The summed E-state index contributed by atoms with van der Waals surface area (Å²) in [5, 5.41) is 7.23. The summed E-state index contributed by atoms with van der Waals surface area (Å²) in [5.74, 6) is 0. The normalized spacial score (nSPS) is 11.8. The highest BCUT2D eigenvalue weighted by molar-refractivity contribution is 6.23. The molecule has 3 nitrogen and oxygen atoms in total. The predicted molar refractivity (Wildman–Crippen MR) is 159 cm³/mol. The molecule has 0 aliphatic heterocycles. The minimum atomic E-state index is 0.880. The molecular formula is C35H23N3. The molecule has 0 atom stereocenters. The molecule has 0 saturated carbocycles. The molecule has 2 aromatic heterocycles. The fourth-order valence-electron chi connectivity index (χ4n) is 6.04. The fraction of sp³-hybridized carbons (Fsp3) is 0.0286. The van der Waals surface area contributed by atoms with E-state index in [1.165, 1.54) is 38.1 Å². The van der Waals surface area contributed by atoms with Crippen molar-refractivity contribution in [1.82, 2.24) is 14.5 Å². The molecular weight excluding hydrogens is 462 g/mol. The maximum atomic E-state index is 5.26. The van der Waals surface area contributed by atoms with Crippen LogP contribution >= 0.6 is 0 Å². The Morgan fingerprint density at radius 3 is 1.84 bits per heavy atom. The van der Waals surface area contributed by atoms with E-state index >= 15 is 0 Å². The molecule has 38 heavy (non-hydrogen) atoms. The first-order valence-corrected chi connectivity index (χ1v) is 12.9. The molecule has 0 unspecified atom stereocenters. The molecule has 2 heterocycles. The van der Waals surface area contributed by atoms with Gasteiger partial charge in [0.1, 0.15) is 0 Å². The first-order valence-electron chi connectivity index (χ1n) is 12.9. The first kappa shape index (κ1) is 21.1. The minimum absolute atomic E-state index is 0.880. The monoisotopic (exact) mass is 485 g/mol. The van der Waals surface area contributed by atoms with Crippen LogP contribution in [0.4, 0.5) is 0 Å². The molecule has 178 valence electrons. The Balaban J connectivity index is 1.37. The zero-order valence-electron chi connectivity index (χ0n) is 20.9. The number of hydrogen-bond donors (Lipinski definition) is 0. The van der Waals surface area contributed by atoms with Crippen molar-refractivity contribution >= 4 is 54.4 Å². The molecule has 8 aromatic rings. The molecule has 0 bridgehead atoms. The standard InChI is InChI=1S/C35H23N3/c1-38-32-17-9-8-14-27(32)28-19-18-22(20-33(28)38)23-10-2-5-13-26(23)31-21-36-34-29-15-6-3-11-24(29)25-12-4-7-16-30(25)35(34)37-31/h2-21H,1H3. The van der Waals surface area contributed by atoms with Gasteiger partial charge in [-0.15, -0.1) is 0 Å². The summed E-state index contributed by atoms with van der Waals surface area (Å²) in [5.41, 5.74) is 8.63. The second kappa shape index (κ2) is 7.99. The van der Waals surface area contributed by atoms with Crippen molar-refractivity contribution in [2.45, 2.75) is 0 Å². The van der Waals surface area contributed by atoms with Crippen molar-refractivity contribution in [3.63, 3.8) is 0 Å². The highest BCUT2D eigenvalue weighted by atomic mass is 14.9. The van der Waals surface area contributed by atoms with Gasteiger partial charge >= 0.3 is 0 Å². The summed E-state index contributed by atoms with van der Waals surface area (Å²) in [6, 6.07) is 40.9. The van der Waals surface area contributed by atoms with Gasteiger partial charge in [-0.3, -0.25) is 4.98 Å². The van der Waals surface area contributed by atoms with E-state index in [1.807, 2.05) is 6.20 Å². The number of benzene rings is 6. The topological polar surface area (TPSA) is 30.7 Å². The second-order valence-corrected chi connectivity index (χ2v) is 9.90. The molecule has 6 aromatic carbocycles. The lowest BCUT2D eigenvalue weighted by molar-refractivity contribution is 1.01. The number of fused-ring (bicyclic) bond motifs is 9. The Kier molecular flexibility index (Phi) is 4.44. The van der Waals surface area contributed by atoms with Gasteiger partial charge in [0.15, 0.2) is 0 Å². The molecule has 0 saturated heterocycles. The van der Waals surface area contributed by atoms with Gasteiger partial charge in [0.25, 0.3) is 0 Å². The first-order chi connectivity index (χ1) is 18.8. The number of aryl methyl sites for hydroxylation is 1. The second-order valence-electron chi connectivity index (χ2n) is 9.90. The van der Waals surface area contributed by atoms with Crippen molar-refractivity contribution in [2.24, 2.45) is 7.05 Å². The average Bonchev–Trinajstić information content (AvgIpc) is 3.28. The number of hydrogen-bond acceptors (Lipinski definition) is 2. The summed E-state index contributed by atoms with van der Waals surface area (Å²) in [7, 11) is 2.14. The van der Waals surface area contributed by atoms with Gasteiger partial charge in [0.2, 0.25) is 0 Å². The molecule has 0 spiro atoms. The van der Waals surface area contributed by atoms with Crippen LogP contribution in [0.2, 0.25) is 0 Å². The lowest BCUT2D eigenvalue weighted by atomic mass is 9.96. The summed E-state index contributed by atoms with van der Waals surface area (Å²) < 4.78 is 2.28. The Hall–Kier alpha value is -5.02. The van der Waals surface area contributed by atoms with Crippen molar-refractivity contribution in [3.8, 4) is 22.4 Å². The zero-order valence-corrected chi connectivity index (χ0v) is 20.9. The van der Waals surface area contributed by atoms with Crippen LogP contribution in [0, 0.1) is 0 Å². The van der Waals surface area contributed by atoms with E-state index in [-0.39, 0.29) is 0 Å². The van der Waals surface area contributed by atoms with Crippen LogP contribution in [-0.2, 0) is 7.05 Å². The van der Waals surface area contributed by atoms with Crippen LogP contribution in [-0.4, -0.2) is 14.5 Å². The van der Waals surface area contributed by atoms with Gasteiger partial charge in [-0.25, -0.2) is 4.98 Å². The van der Waals surface area contributed by atoms with E-state index in [2.05, 4.69) is 127 Å². The third-order valence-electron chi connectivity index (χ3n) is 7.86. The van der Waals surface area contributed by atoms with E-state index in [4.69, 9.17) is 9.97 Å². The largest absolute Gasteiger partial charge is 0.344 e. The SMILES string of the molecule is Cn1c2ccccc2c2ccc(-c3ccccc3-c3cnc4c5ccccc5c5ccccc5c4n3)cc21. The van der Waals surface area contributed by atoms with E-state index < -0.39 is 0 Å². The molecule has 0 aliphatic carbocycles. The summed E-state index contributed by atoms with van der Waals surface area (Å²) in [6.07, 6.45) is 1.93.